The Hall–Kier alpha value is -0.220. The van der Waals surface area contributed by atoms with E-state index in [9.17, 15) is 17.2 Å². The van der Waals surface area contributed by atoms with Crippen LogP contribution in [-0.4, -0.2) is 20.5 Å². The number of rotatable bonds is 3. The van der Waals surface area contributed by atoms with E-state index in [1.54, 1.807) is 22.6 Å². The van der Waals surface area contributed by atoms with E-state index in [2.05, 4.69) is 4.98 Å². The van der Waals surface area contributed by atoms with Crippen LogP contribution >= 0.6 is 33.3 Å². The second-order valence-electron chi connectivity index (χ2n) is 2.61. The highest BCUT2D eigenvalue weighted by Crippen LogP contribution is 2.32. The number of halogens is 4. The average Bonchev–Trinajstić information content (AvgIpc) is 2.15. The van der Waals surface area contributed by atoms with Crippen molar-refractivity contribution < 1.29 is 21.9 Å². The molecule has 0 aliphatic heterocycles. The van der Waals surface area contributed by atoms with Crippen molar-refractivity contribution in [2.75, 3.05) is 7.11 Å². The molecule has 1 aromatic heterocycles. The molecular weight excluding hydrogens is 379 g/mol. The van der Waals surface area contributed by atoms with E-state index < -0.39 is 26.1 Å². The van der Waals surface area contributed by atoms with Gasteiger partial charge in [0.2, 0.25) is 5.88 Å². The third kappa shape index (κ3) is 2.92. The lowest BCUT2D eigenvalue weighted by molar-refractivity contribution is 0.149. The van der Waals surface area contributed by atoms with Gasteiger partial charge in [-0.3, -0.25) is 0 Å². The minimum absolute atomic E-state index is 0.0548. The standard InChI is InChI=1S/C7H5ClF2INO3S/c1-15-7-5(11)3(6(9)10)2-4(12-7)16(8,13)14/h2,6H,1H3. The van der Waals surface area contributed by atoms with E-state index in [0.29, 0.717) is 0 Å². The predicted molar refractivity (Wildman–Crippen MR) is 61.5 cm³/mol. The molecule has 0 radical (unpaired) electrons. The van der Waals surface area contributed by atoms with Gasteiger partial charge in [0.1, 0.15) is 0 Å². The summed E-state index contributed by atoms with van der Waals surface area (Å²) in [4.78, 5) is 3.52. The van der Waals surface area contributed by atoms with Crippen molar-refractivity contribution in [3.63, 3.8) is 0 Å². The summed E-state index contributed by atoms with van der Waals surface area (Å²) in [6, 6.07) is 0.733. The molecule has 90 valence electrons. The van der Waals surface area contributed by atoms with Gasteiger partial charge in [0.05, 0.1) is 10.7 Å². The molecule has 0 unspecified atom stereocenters. The number of pyridine rings is 1. The van der Waals surface area contributed by atoms with E-state index in [-0.39, 0.29) is 9.45 Å². The van der Waals surface area contributed by atoms with Crippen LogP contribution < -0.4 is 4.74 Å². The second-order valence-corrected chi connectivity index (χ2v) is 6.20. The van der Waals surface area contributed by atoms with E-state index in [4.69, 9.17) is 15.4 Å². The highest BCUT2D eigenvalue weighted by atomic mass is 127. The van der Waals surface area contributed by atoms with Crippen LogP contribution in [0.3, 0.4) is 0 Å². The molecule has 0 aliphatic carbocycles. The molecule has 4 nitrogen and oxygen atoms in total. The summed E-state index contributed by atoms with van der Waals surface area (Å²) in [5.74, 6) is -0.197. The van der Waals surface area contributed by atoms with Crippen LogP contribution in [0, 0.1) is 3.57 Å². The zero-order valence-electron chi connectivity index (χ0n) is 7.75. The molecule has 0 saturated heterocycles. The summed E-state index contributed by atoms with van der Waals surface area (Å²) in [6.07, 6.45) is -2.83. The normalized spacial score (nSPS) is 11.9. The van der Waals surface area contributed by atoms with E-state index in [1.807, 2.05) is 0 Å². The van der Waals surface area contributed by atoms with Crippen LogP contribution in [0.1, 0.15) is 12.0 Å². The Labute approximate surface area is 109 Å². The summed E-state index contributed by atoms with van der Waals surface area (Å²) >= 11 is 1.60. The largest absolute Gasteiger partial charge is 0.480 e. The maximum Gasteiger partial charge on any atom is 0.278 e. The molecule has 0 aromatic carbocycles. The molecule has 0 atom stereocenters. The van der Waals surface area contributed by atoms with Crippen molar-refractivity contribution in [1.29, 1.82) is 0 Å². The van der Waals surface area contributed by atoms with E-state index >= 15 is 0 Å². The van der Waals surface area contributed by atoms with E-state index in [1.165, 1.54) is 7.11 Å². The number of methoxy groups -OCH3 is 1. The van der Waals surface area contributed by atoms with Crippen LogP contribution in [0.2, 0.25) is 0 Å². The van der Waals surface area contributed by atoms with Crippen molar-refractivity contribution in [2.24, 2.45) is 0 Å². The highest BCUT2D eigenvalue weighted by Gasteiger charge is 2.22. The minimum Gasteiger partial charge on any atom is -0.480 e. The van der Waals surface area contributed by atoms with Crippen molar-refractivity contribution in [2.45, 2.75) is 11.5 Å². The van der Waals surface area contributed by atoms with Crippen molar-refractivity contribution in [3.8, 4) is 5.88 Å². The first-order chi connectivity index (χ1) is 7.27. The maximum absolute atomic E-state index is 12.6. The Bertz CT molecular complexity index is 509. The van der Waals surface area contributed by atoms with Gasteiger partial charge in [0, 0.05) is 16.2 Å². The van der Waals surface area contributed by atoms with Crippen LogP contribution in [0.5, 0.6) is 5.88 Å². The fourth-order valence-electron chi connectivity index (χ4n) is 0.920. The molecule has 0 amide bonds. The topological polar surface area (TPSA) is 56.3 Å². The number of ether oxygens (including phenoxy) is 1. The highest BCUT2D eigenvalue weighted by molar-refractivity contribution is 14.1. The Balaban J connectivity index is 3.53. The van der Waals surface area contributed by atoms with Gasteiger partial charge in [-0.25, -0.2) is 17.2 Å². The van der Waals surface area contributed by atoms with Crippen molar-refractivity contribution >= 4 is 42.3 Å². The third-order valence-electron chi connectivity index (χ3n) is 1.61. The zero-order chi connectivity index (χ0) is 12.5. The third-order valence-corrected chi connectivity index (χ3v) is 3.88. The first kappa shape index (κ1) is 13.8. The van der Waals surface area contributed by atoms with Gasteiger partial charge in [-0.2, -0.15) is 4.98 Å². The quantitative estimate of drug-likeness (QED) is 0.595. The van der Waals surface area contributed by atoms with Crippen LogP contribution in [-0.2, 0) is 9.05 Å². The van der Waals surface area contributed by atoms with Gasteiger partial charge in [0.25, 0.3) is 15.5 Å². The molecule has 16 heavy (non-hydrogen) atoms. The Kier molecular flexibility index (Phi) is 4.29. The smallest absolute Gasteiger partial charge is 0.278 e. The van der Waals surface area contributed by atoms with Gasteiger partial charge in [-0.1, -0.05) is 0 Å². The molecule has 0 fully saturated rings. The van der Waals surface area contributed by atoms with Gasteiger partial charge in [0.15, 0.2) is 5.03 Å². The number of nitrogens with zero attached hydrogens (tertiary/aromatic N) is 1. The Morgan fingerprint density at radius 2 is 2.12 bits per heavy atom. The Morgan fingerprint density at radius 1 is 1.56 bits per heavy atom. The van der Waals surface area contributed by atoms with Crippen LogP contribution in [0.25, 0.3) is 0 Å². The number of alkyl halides is 2. The lowest BCUT2D eigenvalue weighted by Gasteiger charge is -2.09. The monoisotopic (exact) mass is 383 g/mol. The molecule has 0 N–H and O–H groups in total. The second kappa shape index (κ2) is 4.96. The summed E-state index contributed by atoms with van der Waals surface area (Å²) in [7, 11) is 2.06. The molecule has 0 saturated carbocycles. The molecule has 0 aliphatic rings. The summed E-state index contributed by atoms with van der Waals surface area (Å²) in [5.41, 5.74) is -0.480. The number of hydrogen-bond acceptors (Lipinski definition) is 4. The summed E-state index contributed by atoms with van der Waals surface area (Å²) in [6.45, 7) is 0. The minimum atomic E-state index is -4.16. The molecule has 1 aromatic rings. The predicted octanol–water partition coefficient (Wildman–Crippen LogP) is 2.56. The van der Waals surface area contributed by atoms with Crippen molar-refractivity contribution in [1.82, 2.24) is 4.98 Å². The SMILES string of the molecule is COc1nc(S(=O)(=O)Cl)cc(C(F)F)c1I. The maximum atomic E-state index is 12.6. The molecule has 0 bridgehead atoms. The van der Waals surface area contributed by atoms with Crippen LogP contribution in [0.15, 0.2) is 11.1 Å². The number of aromatic nitrogens is 1. The lowest BCUT2D eigenvalue weighted by Crippen LogP contribution is -2.03. The molecule has 1 heterocycles. The molecule has 9 heteroatoms. The average molecular weight is 384 g/mol. The zero-order valence-corrected chi connectivity index (χ0v) is 11.5. The van der Waals surface area contributed by atoms with Gasteiger partial charge >= 0.3 is 0 Å². The fraction of sp³-hybridized carbons (Fsp3) is 0.286. The first-order valence-electron chi connectivity index (χ1n) is 3.74. The number of hydrogen-bond donors (Lipinski definition) is 0. The van der Waals surface area contributed by atoms with Gasteiger partial charge in [-0.05, 0) is 28.7 Å². The molecular formula is C7H5ClF2INO3S. The van der Waals surface area contributed by atoms with Crippen LogP contribution in [0.4, 0.5) is 8.78 Å². The van der Waals surface area contributed by atoms with E-state index in [0.717, 1.165) is 6.07 Å². The molecule has 1 rings (SSSR count). The summed E-state index contributed by atoms with van der Waals surface area (Å²) in [5, 5.41) is -0.651. The summed E-state index contributed by atoms with van der Waals surface area (Å²) < 4.78 is 51.9. The first-order valence-corrected chi connectivity index (χ1v) is 7.13. The lowest BCUT2D eigenvalue weighted by atomic mass is 10.3. The Morgan fingerprint density at radius 3 is 2.50 bits per heavy atom. The van der Waals surface area contributed by atoms with Gasteiger partial charge < -0.3 is 4.74 Å². The fourth-order valence-corrected chi connectivity index (χ4v) is 2.35. The van der Waals surface area contributed by atoms with Gasteiger partial charge in [-0.15, -0.1) is 0 Å². The molecule has 0 spiro atoms. The van der Waals surface area contributed by atoms with Crippen molar-refractivity contribution in [3.05, 3.63) is 15.2 Å².